The molecule has 1 heterocycles. The van der Waals surface area contributed by atoms with Crippen molar-refractivity contribution in [3.8, 4) is 0 Å². The molecule has 1 aliphatic rings. The van der Waals surface area contributed by atoms with E-state index in [4.69, 9.17) is 11.6 Å². The molecule has 3 aromatic carbocycles. The number of benzene rings is 3. The van der Waals surface area contributed by atoms with E-state index in [0.717, 1.165) is 34.6 Å². The van der Waals surface area contributed by atoms with Crippen LogP contribution in [0.4, 0.5) is 34.6 Å². The van der Waals surface area contributed by atoms with Crippen molar-refractivity contribution in [3.63, 3.8) is 0 Å². The number of nitrogens with one attached hydrogen (secondary N) is 2. The molecule has 1 aliphatic heterocycles. The number of anilines is 3. The van der Waals surface area contributed by atoms with E-state index in [-0.39, 0.29) is 17.1 Å². The maximum Gasteiger partial charge on any atom is 0.416 e. The molecule has 0 aliphatic carbocycles. The van der Waals surface area contributed by atoms with E-state index >= 15 is 0 Å². The Hall–Kier alpha value is -3.64. The Morgan fingerprint density at radius 1 is 1.06 bits per heavy atom. The zero-order chi connectivity index (χ0) is 26.3. The first-order chi connectivity index (χ1) is 16.9. The lowest BCUT2D eigenvalue weighted by atomic mass is 10.1. The predicted molar refractivity (Wildman–Crippen MR) is 125 cm³/mol. The number of carbonyl (C=O) groups excluding carboxylic acids is 2. The van der Waals surface area contributed by atoms with Gasteiger partial charge in [-0.2, -0.15) is 13.2 Å². The van der Waals surface area contributed by atoms with Crippen LogP contribution in [0.15, 0.2) is 71.6 Å². The third-order valence-corrected chi connectivity index (χ3v) is 7.39. The van der Waals surface area contributed by atoms with Crippen molar-refractivity contribution in [1.82, 2.24) is 0 Å². The van der Waals surface area contributed by atoms with Gasteiger partial charge in [0, 0.05) is 5.69 Å². The summed E-state index contributed by atoms with van der Waals surface area (Å²) in [7, 11) is -4.55. The molecule has 13 heteroatoms. The van der Waals surface area contributed by atoms with Gasteiger partial charge in [-0.15, -0.1) is 0 Å². The van der Waals surface area contributed by atoms with Crippen LogP contribution in [0, 0.1) is 5.82 Å². The molecule has 3 aromatic rings. The quantitative estimate of drug-likeness (QED) is 0.442. The highest BCUT2D eigenvalue weighted by molar-refractivity contribution is 7.93. The minimum Gasteiger partial charge on any atom is -0.326 e. The van der Waals surface area contributed by atoms with E-state index in [0.29, 0.717) is 6.07 Å². The van der Waals surface area contributed by atoms with Crippen molar-refractivity contribution in [2.24, 2.45) is 0 Å². The molecule has 0 spiro atoms. The number of carbonyl (C=O) groups is 2. The highest BCUT2D eigenvalue weighted by Gasteiger charge is 2.42. The summed E-state index contributed by atoms with van der Waals surface area (Å²) in [6.07, 6.45) is -5.38. The van der Waals surface area contributed by atoms with Gasteiger partial charge in [-0.25, -0.2) is 12.8 Å². The van der Waals surface area contributed by atoms with Crippen molar-refractivity contribution in [3.05, 3.63) is 83.1 Å². The fraction of sp³-hybridized carbons (Fsp3) is 0.130. The summed E-state index contributed by atoms with van der Waals surface area (Å²) in [5, 5.41) is 4.32. The van der Waals surface area contributed by atoms with Crippen LogP contribution >= 0.6 is 11.6 Å². The van der Waals surface area contributed by atoms with Crippen LogP contribution in [0.25, 0.3) is 0 Å². The summed E-state index contributed by atoms with van der Waals surface area (Å²) < 4.78 is 80.5. The first-order valence-corrected chi connectivity index (χ1v) is 12.1. The Labute approximate surface area is 207 Å². The van der Waals surface area contributed by atoms with Gasteiger partial charge in [0.25, 0.3) is 10.0 Å². The lowest BCUT2D eigenvalue weighted by molar-refractivity contribution is -0.137. The molecule has 1 atom stereocenters. The number of amides is 2. The second-order valence-electron chi connectivity index (χ2n) is 7.73. The zero-order valence-corrected chi connectivity index (χ0v) is 19.6. The molecular weight excluding hydrogens is 526 g/mol. The summed E-state index contributed by atoms with van der Waals surface area (Å²) in [5.41, 5.74) is -1.00. The maximum atomic E-state index is 13.7. The number of fused-ring (bicyclic) bond motifs is 1. The van der Waals surface area contributed by atoms with Crippen molar-refractivity contribution in [2.75, 3.05) is 14.9 Å². The largest absolute Gasteiger partial charge is 0.416 e. The number of hydrogen-bond donors (Lipinski definition) is 2. The summed E-state index contributed by atoms with van der Waals surface area (Å²) in [4.78, 5) is 25.2. The predicted octanol–water partition coefficient (Wildman–Crippen LogP) is 5.04. The number of rotatable bonds is 5. The molecular formula is C23H16ClF4N3O4S. The molecule has 36 heavy (non-hydrogen) atoms. The number of hydrogen-bond acceptors (Lipinski definition) is 4. The minimum absolute atomic E-state index is 0.0365. The lowest BCUT2D eigenvalue weighted by Crippen LogP contribution is -2.52. The minimum atomic E-state index is -4.64. The number of nitrogens with zero attached hydrogens (tertiary/aromatic N) is 1. The van der Waals surface area contributed by atoms with Gasteiger partial charge >= 0.3 is 6.18 Å². The van der Waals surface area contributed by atoms with Gasteiger partial charge in [0.15, 0.2) is 0 Å². The second-order valence-corrected chi connectivity index (χ2v) is 9.95. The average Bonchev–Trinajstić information content (AvgIpc) is 2.80. The Bertz CT molecular complexity index is 1460. The van der Waals surface area contributed by atoms with Crippen LogP contribution in [0.1, 0.15) is 12.0 Å². The Kier molecular flexibility index (Phi) is 6.67. The Balaban J connectivity index is 1.70. The molecule has 0 radical (unpaired) electrons. The number of halogens is 5. The van der Waals surface area contributed by atoms with E-state index in [1.54, 1.807) is 6.07 Å². The van der Waals surface area contributed by atoms with Crippen LogP contribution in [-0.4, -0.2) is 26.3 Å². The van der Waals surface area contributed by atoms with Crippen molar-refractivity contribution in [2.45, 2.75) is 23.5 Å². The molecule has 7 nitrogen and oxygen atoms in total. The molecule has 4 rings (SSSR count). The molecule has 0 bridgehead atoms. The van der Waals surface area contributed by atoms with Gasteiger partial charge in [-0.3, -0.25) is 13.9 Å². The van der Waals surface area contributed by atoms with Gasteiger partial charge in [-0.05, 0) is 48.5 Å². The average molecular weight is 542 g/mol. The van der Waals surface area contributed by atoms with E-state index < -0.39 is 61.8 Å². The number of para-hydroxylation sites is 2. The van der Waals surface area contributed by atoms with Crippen LogP contribution in [-0.2, 0) is 25.8 Å². The summed E-state index contributed by atoms with van der Waals surface area (Å²) >= 11 is 5.76. The van der Waals surface area contributed by atoms with E-state index in [1.165, 1.54) is 24.3 Å². The highest BCUT2D eigenvalue weighted by Crippen LogP contribution is 2.38. The van der Waals surface area contributed by atoms with Gasteiger partial charge in [0.2, 0.25) is 11.8 Å². The van der Waals surface area contributed by atoms with Crippen molar-refractivity contribution >= 4 is 50.5 Å². The molecule has 2 amide bonds. The van der Waals surface area contributed by atoms with Crippen molar-refractivity contribution < 1.29 is 35.6 Å². The monoisotopic (exact) mass is 541 g/mol. The van der Waals surface area contributed by atoms with Crippen molar-refractivity contribution in [1.29, 1.82) is 0 Å². The van der Waals surface area contributed by atoms with Crippen LogP contribution < -0.4 is 14.9 Å². The SMILES string of the molecule is O=C(C[C@H]1C(=O)Nc2ccccc2N1S(=O)(=O)c1ccc(F)c(Cl)c1)Nc1cccc(C(F)(F)F)c1. The maximum absolute atomic E-state index is 13.7. The third-order valence-electron chi connectivity index (χ3n) is 5.29. The third kappa shape index (κ3) is 5.00. The number of alkyl halides is 3. The van der Waals surface area contributed by atoms with E-state index in [9.17, 15) is 35.6 Å². The Morgan fingerprint density at radius 3 is 2.47 bits per heavy atom. The molecule has 188 valence electrons. The summed E-state index contributed by atoms with van der Waals surface area (Å²) in [6, 6.07) is 10.8. The van der Waals surface area contributed by atoms with E-state index in [1.807, 2.05) is 0 Å². The van der Waals surface area contributed by atoms with Gasteiger partial charge in [0.1, 0.15) is 11.9 Å². The summed E-state index contributed by atoms with van der Waals surface area (Å²) in [6.45, 7) is 0. The molecule has 0 fully saturated rings. The lowest BCUT2D eigenvalue weighted by Gasteiger charge is -2.36. The zero-order valence-electron chi connectivity index (χ0n) is 18.0. The molecule has 0 saturated heterocycles. The summed E-state index contributed by atoms with van der Waals surface area (Å²) in [5.74, 6) is -2.61. The van der Waals surface area contributed by atoms with Crippen LogP contribution in [0.5, 0.6) is 0 Å². The molecule has 0 aromatic heterocycles. The Morgan fingerprint density at radius 2 is 1.78 bits per heavy atom. The standard InChI is InChI=1S/C23H16ClF4N3O4S/c24-16-11-15(8-9-17(16)25)36(34,35)31-19-7-2-1-6-18(19)30-22(33)20(31)12-21(32)29-14-5-3-4-13(10-14)23(26,27)28/h1-11,20H,12H2,(H,29,32)(H,30,33)/t20-/m0/s1. The fourth-order valence-electron chi connectivity index (χ4n) is 3.65. The van der Waals surface area contributed by atoms with Crippen LogP contribution in [0.3, 0.4) is 0 Å². The van der Waals surface area contributed by atoms with Gasteiger partial charge in [-0.1, -0.05) is 29.8 Å². The first-order valence-electron chi connectivity index (χ1n) is 10.2. The van der Waals surface area contributed by atoms with Gasteiger partial charge in [0.05, 0.1) is 33.3 Å². The molecule has 0 unspecified atom stereocenters. The fourth-order valence-corrected chi connectivity index (χ4v) is 5.55. The molecule has 2 N–H and O–H groups in total. The van der Waals surface area contributed by atoms with E-state index in [2.05, 4.69) is 10.6 Å². The highest BCUT2D eigenvalue weighted by atomic mass is 35.5. The second kappa shape index (κ2) is 9.43. The smallest absolute Gasteiger partial charge is 0.326 e. The topological polar surface area (TPSA) is 95.6 Å². The molecule has 0 saturated carbocycles. The van der Waals surface area contributed by atoms with Crippen LogP contribution in [0.2, 0.25) is 5.02 Å². The van der Waals surface area contributed by atoms with Gasteiger partial charge < -0.3 is 10.6 Å². The first kappa shape index (κ1) is 25.5. The number of sulfonamides is 1. The normalized spacial score (nSPS) is 15.8.